The Hall–Kier alpha value is -0.536. The fraction of sp³-hybridized carbons (Fsp3) is 0.821. The third-order valence-electron chi connectivity index (χ3n) is 9.77. The third-order valence-corrected chi connectivity index (χ3v) is 18.8. The summed E-state index contributed by atoms with van der Waals surface area (Å²) in [5.74, 6) is -0.249. The van der Waals surface area contributed by atoms with Crippen molar-refractivity contribution < 1.29 is 18.8 Å². The molecule has 1 saturated carbocycles. The highest BCUT2D eigenvalue weighted by Gasteiger charge is 2.56. The first-order valence-electron chi connectivity index (χ1n) is 13.3. The van der Waals surface area contributed by atoms with Gasteiger partial charge in [0, 0.05) is 18.9 Å². The maximum absolute atomic E-state index is 13.5. The number of carbonyl (C=O) groups is 1. The average molecular weight is 507 g/mol. The maximum atomic E-state index is 13.5. The second-order valence-electron chi connectivity index (χ2n) is 14.2. The summed E-state index contributed by atoms with van der Waals surface area (Å²) in [6.45, 7) is 24.8. The van der Waals surface area contributed by atoms with Gasteiger partial charge in [0.15, 0.2) is 16.6 Å². The van der Waals surface area contributed by atoms with E-state index in [-0.39, 0.29) is 27.9 Å². The summed E-state index contributed by atoms with van der Waals surface area (Å²) in [7, 11) is -4.21. The fourth-order valence-electron chi connectivity index (χ4n) is 5.40. The van der Waals surface area contributed by atoms with Crippen molar-refractivity contribution in [2.24, 2.45) is 11.8 Å². The van der Waals surface area contributed by atoms with E-state index in [1.807, 2.05) is 0 Å². The number of rotatable bonds is 4. The van der Waals surface area contributed by atoms with Crippen LogP contribution in [0.3, 0.4) is 0 Å². The Bertz CT molecular complexity index is 859. The summed E-state index contributed by atoms with van der Waals surface area (Å²) in [5.41, 5.74) is 1.81. The molecule has 0 aromatic heterocycles. The van der Waals surface area contributed by atoms with Crippen LogP contribution in [0.5, 0.6) is 0 Å². The van der Waals surface area contributed by atoms with Gasteiger partial charge in [0.2, 0.25) is 0 Å². The molecule has 6 heteroatoms. The molecule has 0 aliphatic heterocycles. The lowest BCUT2D eigenvalue weighted by Crippen LogP contribution is -2.62. The zero-order valence-corrected chi connectivity index (χ0v) is 25.7. The number of fused-ring (bicyclic) bond motifs is 3. The van der Waals surface area contributed by atoms with Crippen LogP contribution in [-0.4, -0.2) is 45.3 Å². The summed E-state index contributed by atoms with van der Waals surface area (Å²) in [4.78, 5) is 13.5. The van der Waals surface area contributed by atoms with Crippen molar-refractivity contribution >= 4 is 22.4 Å². The maximum Gasteiger partial charge on any atom is 0.192 e. The zero-order valence-electron chi connectivity index (χ0n) is 23.7. The standard InChI is InChI=1S/C28H50O4Si2/c1-19-16-17-28(32-34(10,11)27(5,6)7)18-20(19)12-13-21-23(31-33(8,9)26(2,3)4)15-14-22(29)24(21)25(28)30/h12,16,21,23-25,30H,13-15,17-18H2,1-11H3/b20-12+/t21-,23+,24+,25+,28+/m1/s1. The molecule has 0 heterocycles. The van der Waals surface area contributed by atoms with Gasteiger partial charge in [-0.3, -0.25) is 4.79 Å². The van der Waals surface area contributed by atoms with E-state index in [0.717, 1.165) is 12.8 Å². The van der Waals surface area contributed by atoms with Gasteiger partial charge in [-0.1, -0.05) is 59.3 Å². The highest BCUT2D eigenvalue weighted by molar-refractivity contribution is 6.74. The number of hydrogen-bond donors (Lipinski definition) is 1. The molecule has 4 nitrogen and oxygen atoms in total. The Morgan fingerprint density at radius 2 is 1.59 bits per heavy atom. The number of hydrogen-bond acceptors (Lipinski definition) is 4. The van der Waals surface area contributed by atoms with Crippen molar-refractivity contribution in [1.82, 2.24) is 0 Å². The molecule has 2 bridgehead atoms. The van der Waals surface area contributed by atoms with Crippen molar-refractivity contribution in [1.29, 1.82) is 0 Å². The number of ketones is 1. The van der Waals surface area contributed by atoms with E-state index in [4.69, 9.17) is 8.85 Å². The topological polar surface area (TPSA) is 55.8 Å². The van der Waals surface area contributed by atoms with Gasteiger partial charge < -0.3 is 14.0 Å². The summed E-state index contributed by atoms with van der Waals surface area (Å²) in [6.07, 6.45) is 7.11. The zero-order chi connectivity index (χ0) is 25.9. The number of aliphatic hydroxyl groups excluding tert-OH is 1. The van der Waals surface area contributed by atoms with Crippen LogP contribution in [0.25, 0.3) is 0 Å². The summed E-state index contributed by atoms with van der Waals surface area (Å²) in [5, 5.41) is 12.2. The van der Waals surface area contributed by atoms with Gasteiger partial charge in [0.1, 0.15) is 5.78 Å². The van der Waals surface area contributed by atoms with Crippen molar-refractivity contribution in [3.05, 3.63) is 23.3 Å². The summed E-state index contributed by atoms with van der Waals surface area (Å²) >= 11 is 0. The van der Waals surface area contributed by atoms with Crippen LogP contribution < -0.4 is 0 Å². The van der Waals surface area contributed by atoms with Crippen LogP contribution in [0, 0.1) is 11.8 Å². The predicted molar refractivity (Wildman–Crippen MR) is 146 cm³/mol. The van der Waals surface area contributed by atoms with Crippen LogP contribution in [0.1, 0.15) is 80.6 Å². The van der Waals surface area contributed by atoms with Gasteiger partial charge >= 0.3 is 0 Å². The summed E-state index contributed by atoms with van der Waals surface area (Å²) in [6, 6.07) is 0. The monoisotopic (exact) mass is 506 g/mol. The van der Waals surface area contributed by atoms with E-state index in [1.54, 1.807) is 0 Å². The normalized spacial score (nSPS) is 35.0. The van der Waals surface area contributed by atoms with E-state index in [2.05, 4.69) is 86.8 Å². The van der Waals surface area contributed by atoms with Crippen LogP contribution in [-0.2, 0) is 13.6 Å². The molecule has 194 valence electrons. The number of aliphatic hydroxyl groups is 1. The van der Waals surface area contributed by atoms with E-state index in [0.29, 0.717) is 19.3 Å². The predicted octanol–water partition coefficient (Wildman–Crippen LogP) is 7.16. The molecule has 0 amide bonds. The third kappa shape index (κ3) is 5.13. The van der Waals surface area contributed by atoms with Crippen molar-refractivity contribution in [2.45, 2.75) is 135 Å². The van der Waals surface area contributed by atoms with Crippen molar-refractivity contribution in [2.75, 3.05) is 0 Å². The molecular weight excluding hydrogens is 456 g/mol. The fourth-order valence-corrected chi connectivity index (χ4v) is 8.40. The first kappa shape index (κ1) is 28.0. The molecule has 1 fully saturated rings. The molecular formula is C28H50O4Si2. The minimum absolute atomic E-state index is 0.00289. The molecule has 34 heavy (non-hydrogen) atoms. The second kappa shape index (κ2) is 9.09. The van der Waals surface area contributed by atoms with Gasteiger partial charge in [-0.25, -0.2) is 0 Å². The lowest BCUT2D eigenvalue weighted by molar-refractivity contribution is -0.153. The van der Waals surface area contributed by atoms with Crippen LogP contribution in [0.4, 0.5) is 0 Å². The number of Topliss-reactive ketones (excluding diaryl/α,β-unsaturated/α-hetero) is 1. The molecule has 0 saturated heterocycles. The van der Waals surface area contributed by atoms with Crippen LogP contribution >= 0.6 is 0 Å². The molecule has 3 aliphatic rings. The van der Waals surface area contributed by atoms with E-state index >= 15 is 0 Å². The first-order valence-corrected chi connectivity index (χ1v) is 19.1. The van der Waals surface area contributed by atoms with Crippen LogP contribution in [0.2, 0.25) is 36.3 Å². The van der Waals surface area contributed by atoms with E-state index in [9.17, 15) is 9.90 Å². The van der Waals surface area contributed by atoms with Gasteiger partial charge in [-0.2, -0.15) is 0 Å². The number of carbonyl (C=O) groups excluding carboxylic acids is 1. The quantitative estimate of drug-likeness (QED) is 0.411. The van der Waals surface area contributed by atoms with Crippen LogP contribution in [0.15, 0.2) is 23.3 Å². The van der Waals surface area contributed by atoms with Gasteiger partial charge in [0.25, 0.3) is 0 Å². The lowest BCUT2D eigenvalue weighted by atomic mass is 9.63. The Kier molecular flexibility index (Phi) is 7.50. The smallest absolute Gasteiger partial charge is 0.192 e. The minimum Gasteiger partial charge on any atom is -0.414 e. The minimum atomic E-state index is -2.19. The van der Waals surface area contributed by atoms with Gasteiger partial charge in [0.05, 0.1) is 17.6 Å². The Morgan fingerprint density at radius 3 is 2.15 bits per heavy atom. The van der Waals surface area contributed by atoms with Crippen molar-refractivity contribution in [3.8, 4) is 0 Å². The molecule has 0 radical (unpaired) electrons. The Morgan fingerprint density at radius 1 is 1.00 bits per heavy atom. The number of allylic oxidation sites excluding steroid dienone is 2. The lowest BCUT2D eigenvalue weighted by Gasteiger charge is -2.54. The largest absolute Gasteiger partial charge is 0.414 e. The summed E-state index contributed by atoms with van der Waals surface area (Å²) < 4.78 is 14.0. The molecule has 3 aliphatic carbocycles. The van der Waals surface area contributed by atoms with Gasteiger partial charge in [-0.15, -0.1) is 0 Å². The molecule has 0 spiro atoms. The molecule has 0 aromatic carbocycles. The first-order chi connectivity index (χ1) is 15.3. The second-order valence-corrected chi connectivity index (χ2v) is 23.7. The molecule has 1 N–H and O–H groups in total. The highest BCUT2D eigenvalue weighted by atomic mass is 28.4. The van der Waals surface area contributed by atoms with Gasteiger partial charge in [-0.05, 0) is 73.9 Å². The molecule has 0 unspecified atom stereocenters. The Labute approximate surface area is 210 Å². The van der Waals surface area contributed by atoms with E-state index < -0.39 is 34.3 Å². The highest BCUT2D eigenvalue weighted by Crippen LogP contribution is 2.51. The average Bonchev–Trinajstić information content (AvgIpc) is 2.66. The van der Waals surface area contributed by atoms with Crippen molar-refractivity contribution in [3.63, 3.8) is 0 Å². The molecule has 0 aromatic rings. The Balaban J connectivity index is 2.06. The molecule has 5 atom stereocenters. The van der Waals surface area contributed by atoms with E-state index in [1.165, 1.54) is 11.1 Å². The molecule has 3 rings (SSSR count). The SMILES string of the molecule is CC1=CC[C@]2(O[Si](C)(C)C(C)(C)C)C/C1=C\C[C@H]1[C@@H](C(=O)CC[C@@H]1O[Si](C)(C)C(C)(C)C)[C@@H]2O.